The molecule has 25 heavy (non-hydrogen) atoms. The van der Waals surface area contributed by atoms with Crippen molar-refractivity contribution in [2.45, 2.75) is 77.1 Å². The van der Waals surface area contributed by atoms with E-state index in [2.05, 4.69) is 6.92 Å². The summed E-state index contributed by atoms with van der Waals surface area (Å²) in [6.07, 6.45) is 11.6. The first-order chi connectivity index (χ1) is 12.2. The minimum absolute atomic E-state index is 0.209. The molecule has 0 radical (unpaired) electrons. The van der Waals surface area contributed by atoms with E-state index in [1.54, 1.807) is 28.4 Å². The first kappa shape index (κ1) is 24.8. The highest BCUT2D eigenvalue weighted by Crippen LogP contribution is 2.32. The Morgan fingerprint density at radius 1 is 0.640 bits per heavy atom. The lowest BCUT2D eigenvalue weighted by Gasteiger charge is -2.36. The Kier molecular flexibility index (Phi) is 17.1. The van der Waals surface area contributed by atoms with E-state index < -0.39 is 5.97 Å². The lowest BCUT2D eigenvalue weighted by Crippen LogP contribution is -2.44. The molecule has 0 N–H and O–H groups in total. The predicted octanol–water partition coefficient (Wildman–Crippen LogP) is 4.78. The molecule has 152 valence electrons. The zero-order valence-electron chi connectivity index (χ0n) is 17.3. The monoisotopic (exact) mass is 362 g/mol. The molecule has 0 aromatic heterocycles. The van der Waals surface area contributed by atoms with E-state index in [1.165, 1.54) is 38.5 Å². The number of hydrogen-bond donors (Lipinski definition) is 0. The first-order valence-electron chi connectivity index (χ1n) is 9.92. The van der Waals surface area contributed by atoms with E-state index in [0.29, 0.717) is 0 Å². The highest BCUT2D eigenvalue weighted by atomic mass is 16.9. The van der Waals surface area contributed by atoms with Crippen LogP contribution in [-0.4, -0.2) is 54.2 Å². The predicted molar refractivity (Wildman–Crippen MR) is 102 cm³/mol. The average Bonchev–Trinajstić information content (AvgIpc) is 2.64. The molecule has 0 aliphatic carbocycles. The normalized spacial score (nSPS) is 13.3. The quantitative estimate of drug-likeness (QED) is 0.244. The van der Waals surface area contributed by atoms with Crippen LogP contribution in [0.15, 0.2) is 0 Å². The lowest BCUT2D eigenvalue weighted by molar-refractivity contribution is -0.380. The van der Waals surface area contributed by atoms with Crippen LogP contribution in [0.4, 0.5) is 0 Å². The summed E-state index contributed by atoms with van der Waals surface area (Å²) in [7, 11) is 6.68. The second-order valence-corrected chi connectivity index (χ2v) is 6.57. The van der Waals surface area contributed by atoms with Crippen LogP contribution in [0.5, 0.6) is 0 Å². The Balaban J connectivity index is 4.24. The Morgan fingerprint density at radius 3 is 1.80 bits per heavy atom. The van der Waals surface area contributed by atoms with E-state index in [-0.39, 0.29) is 5.92 Å². The van der Waals surface area contributed by atoms with Gasteiger partial charge in [0.15, 0.2) is 0 Å². The first-order valence-corrected chi connectivity index (χ1v) is 9.92. The molecule has 5 heteroatoms. The lowest BCUT2D eigenvalue weighted by atomic mass is 9.93. The van der Waals surface area contributed by atoms with Crippen molar-refractivity contribution in [1.29, 1.82) is 0 Å². The van der Waals surface area contributed by atoms with Gasteiger partial charge in [0.05, 0.1) is 0 Å². The molecule has 0 aromatic carbocycles. The zero-order valence-corrected chi connectivity index (χ0v) is 17.3. The van der Waals surface area contributed by atoms with Crippen molar-refractivity contribution >= 4 is 0 Å². The molecule has 0 aliphatic rings. The third-order valence-electron chi connectivity index (χ3n) is 4.74. The molecule has 0 amide bonds. The summed E-state index contributed by atoms with van der Waals surface area (Å²) in [5.74, 6) is -0.735. The highest BCUT2D eigenvalue weighted by molar-refractivity contribution is 4.71. The largest absolute Gasteiger partial charge is 0.385 e. The molecule has 0 bridgehead atoms. The van der Waals surface area contributed by atoms with Gasteiger partial charge >= 0.3 is 0 Å². The van der Waals surface area contributed by atoms with E-state index >= 15 is 0 Å². The molecular formula is C20H42O5. The van der Waals surface area contributed by atoms with Crippen LogP contribution in [0.25, 0.3) is 0 Å². The molecular weight excluding hydrogens is 320 g/mol. The Bertz CT molecular complexity index is 261. The summed E-state index contributed by atoms with van der Waals surface area (Å²) in [6.45, 7) is 4.50. The molecule has 0 fully saturated rings. The molecule has 0 saturated carbocycles. The van der Waals surface area contributed by atoms with E-state index in [1.807, 2.05) is 0 Å². The molecule has 0 aliphatic heterocycles. The van der Waals surface area contributed by atoms with Gasteiger partial charge in [-0.2, -0.15) is 0 Å². The topological polar surface area (TPSA) is 46.2 Å². The number of rotatable bonds is 19. The van der Waals surface area contributed by atoms with Gasteiger partial charge in [0.25, 0.3) is 5.97 Å². The molecule has 0 rings (SSSR count). The maximum atomic E-state index is 5.67. The van der Waals surface area contributed by atoms with Gasteiger partial charge in [-0.15, -0.1) is 0 Å². The summed E-state index contributed by atoms with van der Waals surface area (Å²) in [6, 6.07) is 0. The average molecular weight is 363 g/mol. The van der Waals surface area contributed by atoms with Crippen molar-refractivity contribution in [3.05, 3.63) is 0 Å². The highest BCUT2D eigenvalue weighted by Gasteiger charge is 2.39. The maximum Gasteiger partial charge on any atom is 0.285 e. The smallest absolute Gasteiger partial charge is 0.285 e. The number of unbranched alkanes of at least 4 members (excludes halogenated alkanes) is 5. The maximum absolute atomic E-state index is 5.67. The Labute approximate surface area is 155 Å². The van der Waals surface area contributed by atoms with Crippen molar-refractivity contribution in [3.8, 4) is 0 Å². The minimum Gasteiger partial charge on any atom is -0.385 e. The molecule has 0 heterocycles. The van der Waals surface area contributed by atoms with Crippen LogP contribution in [-0.2, 0) is 23.7 Å². The van der Waals surface area contributed by atoms with Crippen molar-refractivity contribution in [2.24, 2.45) is 5.92 Å². The number of hydrogen-bond acceptors (Lipinski definition) is 5. The van der Waals surface area contributed by atoms with E-state index in [9.17, 15) is 0 Å². The van der Waals surface area contributed by atoms with Crippen LogP contribution < -0.4 is 0 Å². The van der Waals surface area contributed by atoms with Gasteiger partial charge in [-0.1, -0.05) is 45.4 Å². The van der Waals surface area contributed by atoms with Gasteiger partial charge < -0.3 is 23.7 Å². The van der Waals surface area contributed by atoms with Crippen LogP contribution in [0, 0.1) is 5.92 Å². The SMILES string of the molecule is CCCCCCCCC(CCCOCCCOC)C(OC)(OC)OC. The molecule has 1 atom stereocenters. The van der Waals surface area contributed by atoms with Gasteiger partial charge in [-0.25, -0.2) is 0 Å². The van der Waals surface area contributed by atoms with Crippen molar-refractivity contribution < 1.29 is 23.7 Å². The van der Waals surface area contributed by atoms with E-state index in [4.69, 9.17) is 23.7 Å². The third kappa shape index (κ3) is 11.2. The van der Waals surface area contributed by atoms with E-state index in [0.717, 1.165) is 45.5 Å². The summed E-state index contributed by atoms with van der Waals surface area (Å²) in [5.41, 5.74) is 0. The fraction of sp³-hybridized carbons (Fsp3) is 1.00. The Morgan fingerprint density at radius 2 is 1.20 bits per heavy atom. The fourth-order valence-corrected chi connectivity index (χ4v) is 3.26. The van der Waals surface area contributed by atoms with Gasteiger partial charge in [0.1, 0.15) is 0 Å². The van der Waals surface area contributed by atoms with Crippen LogP contribution in [0.2, 0.25) is 0 Å². The molecule has 0 aromatic rings. The third-order valence-corrected chi connectivity index (χ3v) is 4.74. The standard InChI is InChI=1S/C20H42O5/c1-6-7-8-9-10-11-14-19(20(22-3,23-4)24-5)15-12-17-25-18-13-16-21-2/h19H,6-18H2,1-5H3. The van der Waals surface area contributed by atoms with Gasteiger partial charge in [0, 0.05) is 54.2 Å². The summed E-state index contributed by atoms with van der Waals surface area (Å²) in [4.78, 5) is 0. The van der Waals surface area contributed by atoms with Crippen molar-refractivity contribution in [2.75, 3.05) is 48.3 Å². The van der Waals surface area contributed by atoms with Crippen LogP contribution in [0.1, 0.15) is 71.1 Å². The van der Waals surface area contributed by atoms with Crippen molar-refractivity contribution in [3.63, 3.8) is 0 Å². The number of methoxy groups -OCH3 is 4. The Hall–Kier alpha value is -0.200. The minimum atomic E-state index is -0.945. The zero-order chi connectivity index (χ0) is 18.8. The summed E-state index contributed by atoms with van der Waals surface area (Å²) >= 11 is 0. The summed E-state index contributed by atoms with van der Waals surface area (Å²) < 4.78 is 27.5. The van der Waals surface area contributed by atoms with Gasteiger partial charge in [-0.3, -0.25) is 0 Å². The second-order valence-electron chi connectivity index (χ2n) is 6.57. The van der Waals surface area contributed by atoms with Crippen molar-refractivity contribution in [1.82, 2.24) is 0 Å². The van der Waals surface area contributed by atoms with Gasteiger partial charge in [-0.05, 0) is 25.7 Å². The number of ether oxygens (including phenoxy) is 5. The summed E-state index contributed by atoms with van der Waals surface area (Å²) in [5, 5.41) is 0. The molecule has 0 saturated heterocycles. The van der Waals surface area contributed by atoms with Crippen LogP contribution in [0.3, 0.4) is 0 Å². The molecule has 5 nitrogen and oxygen atoms in total. The second kappa shape index (κ2) is 17.2. The van der Waals surface area contributed by atoms with Gasteiger partial charge in [0.2, 0.25) is 0 Å². The van der Waals surface area contributed by atoms with Crippen LogP contribution >= 0.6 is 0 Å². The molecule has 0 spiro atoms. The fourth-order valence-electron chi connectivity index (χ4n) is 3.26. The molecule has 1 unspecified atom stereocenters.